The van der Waals surface area contributed by atoms with Crippen LogP contribution in [-0.4, -0.2) is 30.7 Å². The molecule has 5 nitrogen and oxygen atoms in total. The number of carboxylic acid groups (broad SMARTS) is 1. The van der Waals surface area contributed by atoms with Gasteiger partial charge in [-0.25, -0.2) is 13.2 Å². The van der Waals surface area contributed by atoms with Crippen LogP contribution in [0.3, 0.4) is 0 Å². The summed E-state index contributed by atoms with van der Waals surface area (Å²) in [5, 5.41) is 9.59. The second-order valence-corrected chi connectivity index (χ2v) is 5.55. The lowest BCUT2D eigenvalue weighted by Crippen LogP contribution is -2.09. The topological polar surface area (TPSA) is 84.3 Å². The van der Waals surface area contributed by atoms with Crippen molar-refractivity contribution in [2.24, 2.45) is 0 Å². The van der Waals surface area contributed by atoms with E-state index in [0.717, 1.165) is 6.26 Å². The summed E-state index contributed by atoms with van der Waals surface area (Å²) in [5.41, 5.74) is -0.0615. The summed E-state index contributed by atoms with van der Waals surface area (Å²) in [5.74, 6) is -1.28. The molecule has 0 bridgehead atoms. The predicted molar refractivity (Wildman–Crippen MR) is 61.8 cm³/mol. The van der Waals surface area contributed by atoms with Crippen molar-refractivity contribution in [1.29, 1.82) is 0 Å². The van der Waals surface area contributed by atoms with Gasteiger partial charge in [0.05, 0.1) is 11.1 Å². The molecule has 0 amide bonds. The minimum atomic E-state index is -3.65. The van der Waals surface area contributed by atoms with E-state index >= 15 is 0 Å². The summed E-state index contributed by atoms with van der Waals surface area (Å²) in [7, 11) is -3.65. The average Bonchev–Trinajstić information content (AvgIpc) is 2.26. The van der Waals surface area contributed by atoms with Gasteiger partial charge < -0.3 is 5.11 Å². The van der Waals surface area contributed by atoms with Crippen molar-refractivity contribution in [3.05, 3.63) is 36.0 Å². The highest BCUT2D eigenvalue weighted by Crippen LogP contribution is 2.25. The number of hydrogen-bond donors (Lipinski definition) is 1. The zero-order valence-corrected chi connectivity index (χ0v) is 9.73. The minimum absolute atomic E-state index is 0.190. The molecule has 0 saturated heterocycles. The van der Waals surface area contributed by atoms with Crippen LogP contribution in [0.5, 0.6) is 0 Å². The first-order valence-corrected chi connectivity index (χ1v) is 6.61. The third kappa shape index (κ3) is 1.99. The molecule has 1 aromatic carbocycles. The second kappa shape index (κ2) is 3.81. The molecular weight excluding hydrogens is 242 g/mol. The molecule has 2 aromatic rings. The number of pyridine rings is 1. The molecule has 1 heterocycles. The SMILES string of the molecule is CS(=O)(=O)c1c(C(=O)O)ccc2cccnc12. The van der Waals surface area contributed by atoms with E-state index in [4.69, 9.17) is 5.11 Å². The maximum atomic E-state index is 11.7. The molecule has 6 heteroatoms. The van der Waals surface area contributed by atoms with Gasteiger partial charge in [-0.3, -0.25) is 4.98 Å². The van der Waals surface area contributed by atoms with Gasteiger partial charge in [0.25, 0.3) is 0 Å². The molecular formula is C11H9NO4S. The van der Waals surface area contributed by atoms with Crippen molar-refractivity contribution in [3.63, 3.8) is 0 Å². The first-order valence-electron chi connectivity index (χ1n) is 4.72. The van der Waals surface area contributed by atoms with Gasteiger partial charge >= 0.3 is 5.97 Å². The molecule has 88 valence electrons. The van der Waals surface area contributed by atoms with Crippen LogP contribution >= 0.6 is 0 Å². The number of aromatic nitrogens is 1. The van der Waals surface area contributed by atoms with Crippen LogP contribution in [0.1, 0.15) is 10.4 Å². The van der Waals surface area contributed by atoms with Crippen LogP contribution in [0.2, 0.25) is 0 Å². The maximum Gasteiger partial charge on any atom is 0.337 e. The zero-order valence-electron chi connectivity index (χ0n) is 8.91. The van der Waals surface area contributed by atoms with Crippen LogP contribution in [0, 0.1) is 0 Å². The van der Waals surface area contributed by atoms with Crippen LogP contribution in [-0.2, 0) is 9.84 Å². The third-order valence-corrected chi connectivity index (χ3v) is 3.48. The lowest BCUT2D eigenvalue weighted by molar-refractivity contribution is 0.0693. The molecule has 0 saturated carbocycles. The number of rotatable bonds is 2. The zero-order chi connectivity index (χ0) is 12.6. The highest BCUT2D eigenvalue weighted by atomic mass is 32.2. The molecule has 0 aliphatic rings. The lowest BCUT2D eigenvalue weighted by Gasteiger charge is -2.07. The molecule has 0 radical (unpaired) electrons. The number of fused-ring (bicyclic) bond motifs is 1. The molecule has 1 aromatic heterocycles. The molecule has 2 rings (SSSR count). The van der Waals surface area contributed by atoms with Crippen LogP contribution < -0.4 is 0 Å². The summed E-state index contributed by atoms with van der Waals surface area (Å²) < 4.78 is 23.3. The van der Waals surface area contributed by atoms with Crippen molar-refractivity contribution in [2.75, 3.05) is 6.26 Å². The van der Waals surface area contributed by atoms with Crippen LogP contribution in [0.25, 0.3) is 10.9 Å². The van der Waals surface area contributed by atoms with Crippen molar-refractivity contribution in [1.82, 2.24) is 4.98 Å². The minimum Gasteiger partial charge on any atom is -0.478 e. The molecule has 0 spiro atoms. The Morgan fingerprint density at radius 3 is 2.59 bits per heavy atom. The average molecular weight is 251 g/mol. The van der Waals surface area contributed by atoms with Gasteiger partial charge in [0, 0.05) is 17.8 Å². The van der Waals surface area contributed by atoms with Crippen LogP contribution in [0.15, 0.2) is 35.4 Å². The summed E-state index contributed by atoms with van der Waals surface area (Å²) in [4.78, 5) is 14.7. The first kappa shape index (κ1) is 11.5. The number of nitrogens with zero attached hydrogens (tertiary/aromatic N) is 1. The van der Waals surface area contributed by atoms with Crippen molar-refractivity contribution < 1.29 is 18.3 Å². The fourth-order valence-electron chi connectivity index (χ4n) is 1.66. The van der Waals surface area contributed by atoms with Gasteiger partial charge in [0.15, 0.2) is 9.84 Å². The fourth-order valence-corrected chi connectivity index (χ4v) is 2.74. The lowest BCUT2D eigenvalue weighted by atomic mass is 10.1. The second-order valence-electron chi connectivity index (χ2n) is 3.59. The van der Waals surface area contributed by atoms with E-state index in [2.05, 4.69) is 4.98 Å². The molecule has 0 unspecified atom stereocenters. The molecule has 0 aliphatic carbocycles. The molecule has 1 N–H and O–H groups in total. The van der Waals surface area contributed by atoms with E-state index in [0.29, 0.717) is 5.39 Å². The largest absolute Gasteiger partial charge is 0.478 e. The van der Waals surface area contributed by atoms with E-state index in [9.17, 15) is 13.2 Å². The highest BCUT2D eigenvalue weighted by Gasteiger charge is 2.22. The monoisotopic (exact) mass is 251 g/mol. The standard InChI is InChI=1S/C11H9NO4S/c1-17(15,16)10-8(11(13)14)5-4-7-3-2-6-12-9(7)10/h2-6H,1H3,(H,13,14). The van der Waals surface area contributed by atoms with E-state index in [-0.39, 0.29) is 16.0 Å². The Morgan fingerprint density at radius 1 is 1.29 bits per heavy atom. The van der Waals surface area contributed by atoms with Gasteiger partial charge in [0.2, 0.25) is 0 Å². The van der Waals surface area contributed by atoms with Gasteiger partial charge in [0.1, 0.15) is 4.90 Å². The summed E-state index contributed by atoms with van der Waals surface area (Å²) in [6.07, 6.45) is 2.41. The Bertz CT molecular complexity index is 706. The molecule has 0 fully saturated rings. The molecule has 17 heavy (non-hydrogen) atoms. The molecule has 0 aliphatic heterocycles. The van der Waals surface area contributed by atoms with Gasteiger partial charge in [-0.2, -0.15) is 0 Å². The smallest absolute Gasteiger partial charge is 0.337 e. The fraction of sp³-hybridized carbons (Fsp3) is 0.0909. The van der Waals surface area contributed by atoms with Gasteiger partial charge in [-0.1, -0.05) is 12.1 Å². The van der Waals surface area contributed by atoms with Gasteiger partial charge in [-0.05, 0) is 12.1 Å². The number of sulfone groups is 1. The number of aromatic carboxylic acids is 1. The van der Waals surface area contributed by atoms with E-state index in [1.165, 1.54) is 12.3 Å². The summed E-state index contributed by atoms with van der Waals surface area (Å²) in [6, 6.07) is 6.17. The van der Waals surface area contributed by atoms with Crippen molar-refractivity contribution in [2.45, 2.75) is 4.90 Å². The third-order valence-electron chi connectivity index (χ3n) is 2.33. The van der Waals surface area contributed by atoms with Crippen molar-refractivity contribution in [3.8, 4) is 0 Å². The maximum absolute atomic E-state index is 11.7. The predicted octanol–water partition coefficient (Wildman–Crippen LogP) is 1.34. The Balaban J connectivity index is 3.00. The number of benzene rings is 1. The van der Waals surface area contributed by atoms with E-state index in [1.807, 2.05) is 0 Å². The Morgan fingerprint density at radius 2 is 2.00 bits per heavy atom. The number of carbonyl (C=O) groups is 1. The Kier molecular flexibility index (Phi) is 2.59. The normalized spacial score (nSPS) is 11.6. The number of hydrogen-bond acceptors (Lipinski definition) is 4. The number of carboxylic acids is 1. The van der Waals surface area contributed by atoms with E-state index in [1.54, 1.807) is 18.2 Å². The summed E-state index contributed by atoms with van der Waals surface area (Å²) in [6.45, 7) is 0. The van der Waals surface area contributed by atoms with E-state index < -0.39 is 15.8 Å². The van der Waals surface area contributed by atoms with Gasteiger partial charge in [-0.15, -0.1) is 0 Å². The Labute approximate surface area is 97.6 Å². The first-order chi connectivity index (χ1) is 7.91. The van der Waals surface area contributed by atoms with Crippen molar-refractivity contribution >= 4 is 26.7 Å². The Hall–Kier alpha value is -1.95. The molecule has 0 atom stereocenters. The quantitative estimate of drug-likeness (QED) is 0.870. The van der Waals surface area contributed by atoms with Crippen LogP contribution in [0.4, 0.5) is 0 Å². The summed E-state index contributed by atoms with van der Waals surface area (Å²) >= 11 is 0. The highest BCUT2D eigenvalue weighted by molar-refractivity contribution is 7.91.